The van der Waals surface area contributed by atoms with Gasteiger partial charge >= 0.3 is 0 Å². The van der Waals surface area contributed by atoms with Gasteiger partial charge in [0.2, 0.25) is 5.91 Å². The van der Waals surface area contributed by atoms with Crippen molar-refractivity contribution in [2.45, 2.75) is 0 Å². The molecule has 1 amide bonds. The van der Waals surface area contributed by atoms with E-state index in [9.17, 15) is 4.79 Å². The third kappa shape index (κ3) is 3.26. The Morgan fingerprint density at radius 2 is 1.77 bits per heavy atom. The fourth-order valence-electron chi connectivity index (χ4n) is 3.33. The number of nitrogens with zero attached hydrogens (tertiary/aromatic N) is 2. The van der Waals surface area contributed by atoms with Gasteiger partial charge in [-0.25, -0.2) is 4.98 Å². The Hall–Kier alpha value is -4.13. The molecule has 0 unspecified atom stereocenters. The smallest absolute Gasteiger partial charge is 0.248 e. The van der Waals surface area contributed by atoms with Gasteiger partial charge in [0.05, 0.1) is 17.1 Å². The van der Waals surface area contributed by atoms with Crippen LogP contribution in [-0.2, 0) is 0 Å². The maximum Gasteiger partial charge on any atom is 0.248 e. The van der Waals surface area contributed by atoms with Gasteiger partial charge in [-0.2, -0.15) is 0 Å². The molecule has 4 aromatic rings. The summed E-state index contributed by atoms with van der Waals surface area (Å²) in [6.45, 7) is 0.992. The molecule has 7 heteroatoms. The summed E-state index contributed by atoms with van der Waals surface area (Å²) < 4.78 is 20.1. The Morgan fingerprint density at radius 1 is 1.00 bits per heavy atom. The number of benzene rings is 2. The largest absolute Gasteiger partial charge is 0.486 e. The third-order valence-corrected chi connectivity index (χ3v) is 4.81. The second kappa shape index (κ2) is 7.36. The molecular weight excluding hydrogens is 380 g/mol. The molecule has 0 radical (unpaired) electrons. The summed E-state index contributed by atoms with van der Waals surface area (Å²) in [5.74, 6) is 1.23. The van der Waals surface area contributed by atoms with E-state index in [0.29, 0.717) is 58.7 Å². The highest BCUT2D eigenvalue weighted by Crippen LogP contribution is 2.38. The van der Waals surface area contributed by atoms with Crippen molar-refractivity contribution in [2.24, 2.45) is 5.73 Å². The zero-order chi connectivity index (χ0) is 21.4. The van der Waals surface area contributed by atoms with Crippen molar-refractivity contribution in [3.63, 3.8) is 0 Å². The van der Waals surface area contributed by atoms with Crippen LogP contribution in [0.5, 0.6) is 11.5 Å². The molecule has 0 saturated carbocycles. The fourth-order valence-corrected chi connectivity index (χ4v) is 3.33. The van der Waals surface area contributed by atoms with Crippen molar-refractivity contribution >= 4 is 5.91 Å². The van der Waals surface area contributed by atoms with Crippen LogP contribution in [0.2, 0.25) is 1.41 Å². The van der Waals surface area contributed by atoms with E-state index in [2.05, 4.69) is 4.98 Å². The van der Waals surface area contributed by atoms with Crippen LogP contribution in [0, 0.1) is 0 Å². The minimum absolute atomic E-state index is 0.392. The maximum absolute atomic E-state index is 11.4. The number of hydrogen-bond donors (Lipinski definition) is 2. The van der Waals surface area contributed by atoms with E-state index in [1.54, 1.807) is 30.5 Å². The average Bonchev–Trinajstić information content (AvgIpc) is 3.16. The van der Waals surface area contributed by atoms with Gasteiger partial charge in [-0.3, -0.25) is 9.78 Å². The van der Waals surface area contributed by atoms with E-state index in [-0.39, 0.29) is 0 Å². The lowest BCUT2D eigenvalue weighted by atomic mass is 10.1. The van der Waals surface area contributed by atoms with Crippen LogP contribution in [0.25, 0.3) is 34.0 Å². The van der Waals surface area contributed by atoms with Gasteiger partial charge in [-0.15, -0.1) is 0 Å². The summed E-state index contributed by atoms with van der Waals surface area (Å²) in [5.41, 5.74) is 8.96. The van der Waals surface area contributed by atoms with Gasteiger partial charge in [0.1, 0.15) is 19.0 Å². The number of nitrogens with two attached hydrogens (primary N) is 1. The molecule has 0 saturated heterocycles. The lowest BCUT2D eigenvalue weighted by Gasteiger charge is -2.18. The van der Waals surface area contributed by atoms with Crippen LogP contribution >= 0.6 is 0 Å². The Bertz CT molecular complexity index is 1270. The lowest BCUT2D eigenvalue weighted by molar-refractivity contribution is 0.100. The zero-order valence-corrected chi connectivity index (χ0v) is 15.9. The number of carbonyl (C=O) groups excluding carboxylic acids is 1. The Balaban J connectivity index is 1.68. The monoisotopic (exact) mass is 399 g/mol. The van der Waals surface area contributed by atoms with Crippen molar-refractivity contribution in [1.29, 1.82) is 0 Å². The normalized spacial score (nSPS) is 13.0. The Labute approximate surface area is 174 Å². The molecule has 30 heavy (non-hydrogen) atoms. The molecule has 2 aromatic carbocycles. The zero-order valence-electron chi connectivity index (χ0n) is 16.9. The van der Waals surface area contributed by atoms with Crippen molar-refractivity contribution < 1.29 is 15.7 Å². The summed E-state index contributed by atoms with van der Waals surface area (Å²) in [5, 5.41) is 0. The number of nitrogens with one attached hydrogen (secondary N) is 1. The molecule has 0 bridgehead atoms. The third-order valence-electron chi connectivity index (χ3n) is 4.81. The quantitative estimate of drug-likeness (QED) is 0.545. The van der Waals surface area contributed by atoms with Gasteiger partial charge in [-0.1, -0.05) is 18.2 Å². The molecule has 5 rings (SSSR count). The first-order valence-electron chi connectivity index (χ1n) is 9.90. The molecule has 0 atom stereocenters. The lowest BCUT2D eigenvalue weighted by Crippen LogP contribution is -2.15. The molecule has 3 N–H and O–H groups in total. The summed E-state index contributed by atoms with van der Waals surface area (Å²) in [7, 11) is 0. The van der Waals surface area contributed by atoms with E-state index in [1.807, 2.05) is 36.4 Å². The number of imidazole rings is 1. The summed E-state index contributed by atoms with van der Waals surface area (Å²) in [4.78, 5) is 21.9. The number of amides is 1. The summed E-state index contributed by atoms with van der Waals surface area (Å²) >= 11 is 0. The number of rotatable bonds is 4. The van der Waals surface area contributed by atoms with E-state index < -0.39 is 5.91 Å². The minimum atomic E-state index is -0.507. The van der Waals surface area contributed by atoms with Crippen LogP contribution in [0.3, 0.4) is 0 Å². The molecule has 7 nitrogen and oxygen atoms in total. The number of ether oxygens (including phenoxy) is 2. The molecule has 1 aliphatic rings. The number of H-pyrrole nitrogens is 1. The molecule has 0 fully saturated rings. The van der Waals surface area contributed by atoms with Crippen LogP contribution < -0.4 is 15.2 Å². The second-order valence-corrected chi connectivity index (χ2v) is 6.76. The molecular formula is C23H18N4O3. The highest BCUT2D eigenvalue weighted by Gasteiger charge is 2.19. The highest BCUT2D eigenvalue weighted by atomic mass is 16.6. The molecule has 0 spiro atoms. The number of hydrogen-bond acceptors (Lipinski definition) is 5. The topological polar surface area (TPSA) is 103 Å². The van der Waals surface area contributed by atoms with Crippen LogP contribution in [0.4, 0.5) is 0 Å². The molecule has 148 valence electrons. The van der Waals surface area contributed by atoms with E-state index in [0.717, 1.165) is 5.56 Å². The van der Waals surface area contributed by atoms with Crippen LogP contribution in [0.15, 0.2) is 66.9 Å². The van der Waals surface area contributed by atoms with Gasteiger partial charge < -0.3 is 20.2 Å². The van der Waals surface area contributed by atoms with E-state index in [4.69, 9.17) is 21.6 Å². The predicted molar refractivity (Wildman–Crippen MR) is 112 cm³/mol. The Morgan fingerprint density at radius 3 is 2.50 bits per heavy atom. The molecule has 1 aliphatic heterocycles. The highest BCUT2D eigenvalue weighted by molar-refractivity contribution is 5.93. The first-order chi connectivity index (χ1) is 15.1. The number of pyridine rings is 1. The van der Waals surface area contributed by atoms with Gasteiger partial charge in [0.15, 0.2) is 12.9 Å². The van der Waals surface area contributed by atoms with E-state index in [1.165, 1.54) is 4.98 Å². The number of aromatic nitrogens is 3. The maximum atomic E-state index is 11.4. The summed E-state index contributed by atoms with van der Waals surface area (Å²) in [6, 6.07) is 17.8. The van der Waals surface area contributed by atoms with Gasteiger partial charge in [-0.05, 0) is 42.5 Å². The number of carbonyl (C=O) groups is 1. The van der Waals surface area contributed by atoms with Crippen molar-refractivity contribution in [1.82, 2.24) is 14.9 Å². The van der Waals surface area contributed by atoms with Gasteiger partial charge in [0.25, 0.3) is 0 Å². The number of primary amides is 1. The second-order valence-electron chi connectivity index (χ2n) is 6.76. The number of fused-ring (bicyclic) bond motifs is 1. The van der Waals surface area contributed by atoms with Crippen molar-refractivity contribution in [3.05, 3.63) is 72.4 Å². The molecule has 0 aliphatic carbocycles. The molecule has 2 aromatic heterocycles. The predicted octanol–water partition coefficient (Wildman–Crippen LogP) is 3.68. The summed E-state index contributed by atoms with van der Waals surface area (Å²) in [6.07, 6.45) is 1.68. The SMILES string of the molecule is [2H]n1c(-c2ccc(C(N)=O)cc2)nc(-c2ccc3c(c2)OCCO3)c1-c1ccccn1. The first-order valence-corrected chi connectivity index (χ1v) is 9.45. The van der Waals surface area contributed by atoms with Crippen molar-refractivity contribution in [3.8, 4) is 45.5 Å². The number of aromatic amines is 1. The standard InChI is InChI=1S/C23H18N4O3/c24-22(28)14-4-6-15(7-5-14)23-26-20(21(27-23)17-3-1-2-10-25-17)16-8-9-18-19(13-16)30-12-11-29-18/h1-10,13H,11-12H2,(H2,24,28)(H,26,27)/i/hD. The fraction of sp³-hybridized carbons (Fsp3) is 0.0870. The van der Waals surface area contributed by atoms with Crippen LogP contribution in [0.1, 0.15) is 10.4 Å². The van der Waals surface area contributed by atoms with E-state index >= 15 is 0 Å². The average molecular weight is 399 g/mol. The van der Waals surface area contributed by atoms with Gasteiger partial charge in [0, 0.05) is 22.9 Å². The van der Waals surface area contributed by atoms with Crippen LogP contribution in [-0.4, -0.2) is 34.1 Å². The Kier molecular flexibility index (Phi) is 4.12. The minimum Gasteiger partial charge on any atom is -0.486 e. The molecule has 3 heterocycles. The van der Waals surface area contributed by atoms with Crippen molar-refractivity contribution in [2.75, 3.05) is 13.2 Å². The first kappa shape index (κ1) is 16.8.